The molecule has 2 aliphatic rings. The third-order valence-electron chi connectivity index (χ3n) is 6.55. The Bertz CT molecular complexity index is 913. The first-order valence-electron chi connectivity index (χ1n) is 11.5. The lowest BCUT2D eigenvalue weighted by Crippen LogP contribution is -2.55. The van der Waals surface area contributed by atoms with Crippen molar-refractivity contribution in [3.05, 3.63) is 53.6 Å². The Morgan fingerprint density at radius 1 is 1.03 bits per heavy atom. The van der Waals surface area contributed by atoms with Gasteiger partial charge in [-0.2, -0.15) is 5.26 Å². The highest BCUT2D eigenvalue weighted by Crippen LogP contribution is 2.33. The number of hydrogen-bond acceptors (Lipinski definition) is 6. The second-order valence-corrected chi connectivity index (χ2v) is 8.87. The van der Waals surface area contributed by atoms with Crippen molar-refractivity contribution in [3.8, 4) is 23.3 Å². The zero-order valence-corrected chi connectivity index (χ0v) is 19.0. The van der Waals surface area contributed by atoms with E-state index in [-0.39, 0.29) is 6.23 Å². The van der Waals surface area contributed by atoms with Crippen LogP contribution in [0.3, 0.4) is 0 Å². The highest BCUT2D eigenvalue weighted by molar-refractivity contribution is 5.45. The minimum Gasteiger partial charge on any atom is -0.493 e. The van der Waals surface area contributed by atoms with Crippen LogP contribution in [0.15, 0.2) is 42.5 Å². The van der Waals surface area contributed by atoms with Crippen LogP contribution in [-0.2, 0) is 6.42 Å². The van der Waals surface area contributed by atoms with Crippen molar-refractivity contribution in [1.29, 1.82) is 5.26 Å². The molecule has 0 spiro atoms. The highest BCUT2D eigenvalue weighted by Gasteiger charge is 2.34. The van der Waals surface area contributed by atoms with E-state index in [2.05, 4.69) is 28.4 Å². The molecule has 170 valence electrons. The summed E-state index contributed by atoms with van der Waals surface area (Å²) in [7, 11) is 3.29. The van der Waals surface area contributed by atoms with Gasteiger partial charge in [0, 0.05) is 19.2 Å². The van der Waals surface area contributed by atoms with E-state index in [1.165, 1.54) is 12.0 Å². The molecule has 3 atom stereocenters. The lowest BCUT2D eigenvalue weighted by atomic mass is 9.85. The second-order valence-electron chi connectivity index (χ2n) is 8.87. The number of aryl methyl sites for hydroxylation is 1. The van der Waals surface area contributed by atoms with E-state index in [9.17, 15) is 0 Å². The first kappa shape index (κ1) is 22.4. The monoisotopic (exact) mass is 435 g/mol. The van der Waals surface area contributed by atoms with Crippen LogP contribution in [0.1, 0.15) is 30.4 Å². The maximum absolute atomic E-state index is 9.01. The zero-order chi connectivity index (χ0) is 22.3. The van der Waals surface area contributed by atoms with E-state index in [4.69, 9.17) is 19.5 Å². The van der Waals surface area contributed by atoms with Gasteiger partial charge in [0.05, 0.1) is 25.9 Å². The van der Waals surface area contributed by atoms with E-state index >= 15 is 0 Å². The molecule has 2 aromatic rings. The van der Waals surface area contributed by atoms with Gasteiger partial charge in [-0.1, -0.05) is 12.1 Å². The Morgan fingerprint density at radius 3 is 2.41 bits per heavy atom. The number of hydrogen-bond donors (Lipinski definition) is 1. The SMILES string of the molecule is COc1ccc(OC(CCCc2ccc(C#N)cc2)N2CC3CNCC(C3)C2)cc1OC. The van der Waals surface area contributed by atoms with Gasteiger partial charge in [0.25, 0.3) is 0 Å². The fourth-order valence-corrected chi connectivity index (χ4v) is 4.97. The first-order valence-corrected chi connectivity index (χ1v) is 11.5. The molecule has 0 radical (unpaired) electrons. The molecular formula is C26H33N3O3. The number of fused-ring (bicyclic) bond motifs is 2. The van der Waals surface area contributed by atoms with E-state index < -0.39 is 0 Å². The summed E-state index contributed by atoms with van der Waals surface area (Å²) in [6, 6.07) is 15.9. The van der Waals surface area contributed by atoms with E-state index in [1.54, 1.807) is 14.2 Å². The molecule has 0 saturated carbocycles. The van der Waals surface area contributed by atoms with Gasteiger partial charge in [-0.3, -0.25) is 4.90 Å². The van der Waals surface area contributed by atoms with E-state index in [0.29, 0.717) is 28.9 Å². The molecule has 6 nitrogen and oxygen atoms in total. The summed E-state index contributed by atoms with van der Waals surface area (Å²) in [5, 5.41) is 12.6. The number of nitrogens with zero attached hydrogens (tertiary/aromatic N) is 2. The number of benzene rings is 2. The maximum atomic E-state index is 9.01. The average Bonchev–Trinajstić information content (AvgIpc) is 2.83. The van der Waals surface area contributed by atoms with Gasteiger partial charge >= 0.3 is 0 Å². The summed E-state index contributed by atoms with van der Waals surface area (Å²) >= 11 is 0. The molecule has 32 heavy (non-hydrogen) atoms. The smallest absolute Gasteiger partial charge is 0.164 e. The number of likely N-dealkylation sites (tertiary alicyclic amines) is 1. The number of nitriles is 1. The summed E-state index contributed by atoms with van der Waals surface area (Å²) < 4.78 is 17.4. The molecule has 0 amide bonds. The summed E-state index contributed by atoms with van der Waals surface area (Å²) in [5.41, 5.74) is 1.96. The molecule has 0 aliphatic carbocycles. The number of piperidine rings is 2. The first-order chi connectivity index (χ1) is 15.7. The molecule has 4 rings (SSSR count). The third-order valence-corrected chi connectivity index (χ3v) is 6.55. The van der Waals surface area contributed by atoms with Crippen molar-refractivity contribution in [2.45, 2.75) is 31.9 Å². The van der Waals surface area contributed by atoms with Crippen LogP contribution >= 0.6 is 0 Å². The predicted molar refractivity (Wildman–Crippen MR) is 124 cm³/mol. The average molecular weight is 436 g/mol. The van der Waals surface area contributed by atoms with Gasteiger partial charge in [0.2, 0.25) is 0 Å². The largest absolute Gasteiger partial charge is 0.493 e. The van der Waals surface area contributed by atoms with Crippen LogP contribution in [0.5, 0.6) is 17.2 Å². The second kappa shape index (κ2) is 10.7. The molecule has 2 aliphatic heterocycles. The zero-order valence-electron chi connectivity index (χ0n) is 19.0. The Balaban J connectivity index is 1.45. The van der Waals surface area contributed by atoms with Gasteiger partial charge in [0.15, 0.2) is 17.7 Å². The summed E-state index contributed by atoms with van der Waals surface area (Å²) in [6.07, 6.45) is 4.28. The molecule has 2 saturated heterocycles. The van der Waals surface area contributed by atoms with Crippen LogP contribution in [0.4, 0.5) is 0 Å². The van der Waals surface area contributed by atoms with Crippen LogP contribution < -0.4 is 19.5 Å². The maximum Gasteiger partial charge on any atom is 0.164 e. The van der Waals surface area contributed by atoms with Crippen molar-refractivity contribution in [2.24, 2.45) is 11.8 Å². The summed E-state index contributed by atoms with van der Waals surface area (Å²) in [6.45, 7) is 4.33. The highest BCUT2D eigenvalue weighted by atomic mass is 16.5. The standard InChI is InChI=1S/C26H33N3O3/c1-30-24-11-10-23(13-25(24)31-2)32-26(29-17-21-12-22(18-29)16-28-15-21)5-3-4-19-6-8-20(14-27)9-7-19/h6-11,13,21-22,26,28H,3-5,12,15-18H2,1-2H3. The third kappa shape index (κ3) is 5.53. The van der Waals surface area contributed by atoms with Gasteiger partial charge in [-0.25, -0.2) is 0 Å². The topological polar surface area (TPSA) is 66.8 Å². The predicted octanol–water partition coefficient (Wildman–Crippen LogP) is 3.84. The molecule has 1 N–H and O–H groups in total. The van der Waals surface area contributed by atoms with Gasteiger partial charge < -0.3 is 19.5 Å². The summed E-state index contributed by atoms with van der Waals surface area (Å²) in [5.74, 6) is 3.58. The molecular weight excluding hydrogens is 402 g/mol. The fraction of sp³-hybridized carbons (Fsp3) is 0.500. The van der Waals surface area contributed by atoms with Crippen LogP contribution in [0, 0.1) is 23.2 Å². The quantitative estimate of drug-likeness (QED) is 0.646. The Morgan fingerprint density at radius 2 is 1.75 bits per heavy atom. The van der Waals surface area contributed by atoms with Crippen LogP contribution in [-0.4, -0.2) is 51.5 Å². The Labute approximate surface area is 191 Å². The molecule has 2 bridgehead atoms. The molecule has 3 unspecified atom stereocenters. The lowest BCUT2D eigenvalue weighted by Gasteiger charge is -2.44. The van der Waals surface area contributed by atoms with Crippen LogP contribution in [0.2, 0.25) is 0 Å². The molecule has 6 heteroatoms. The lowest BCUT2D eigenvalue weighted by molar-refractivity contribution is -0.0339. The molecule has 2 heterocycles. The van der Waals surface area contributed by atoms with E-state index in [1.807, 2.05) is 30.3 Å². The van der Waals surface area contributed by atoms with E-state index in [0.717, 1.165) is 51.2 Å². The van der Waals surface area contributed by atoms with Crippen LogP contribution in [0.25, 0.3) is 0 Å². The van der Waals surface area contributed by atoms with Gasteiger partial charge in [-0.05, 0) is 80.4 Å². The van der Waals surface area contributed by atoms with Crippen molar-refractivity contribution in [1.82, 2.24) is 10.2 Å². The number of nitrogens with one attached hydrogen (secondary N) is 1. The normalized spacial score (nSPS) is 21.4. The molecule has 2 aromatic carbocycles. The minimum atomic E-state index is 0.0230. The fourth-order valence-electron chi connectivity index (χ4n) is 4.97. The van der Waals surface area contributed by atoms with Gasteiger partial charge in [0.1, 0.15) is 5.75 Å². The van der Waals surface area contributed by atoms with Gasteiger partial charge in [-0.15, -0.1) is 0 Å². The molecule has 2 fully saturated rings. The number of methoxy groups -OCH3 is 2. The van der Waals surface area contributed by atoms with Crippen molar-refractivity contribution in [3.63, 3.8) is 0 Å². The number of ether oxygens (including phenoxy) is 3. The number of rotatable bonds is 9. The van der Waals surface area contributed by atoms with Crippen molar-refractivity contribution >= 4 is 0 Å². The Hall–Kier alpha value is -2.75. The van der Waals surface area contributed by atoms with Crippen molar-refractivity contribution in [2.75, 3.05) is 40.4 Å². The van der Waals surface area contributed by atoms with Crippen molar-refractivity contribution < 1.29 is 14.2 Å². The summed E-state index contributed by atoms with van der Waals surface area (Å²) in [4.78, 5) is 2.54. The Kier molecular flexibility index (Phi) is 7.51. The minimum absolute atomic E-state index is 0.0230. The molecule has 0 aromatic heterocycles.